The van der Waals surface area contributed by atoms with Crippen LogP contribution in [0.5, 0.6) is 0 Å². The molecule has 0 saturated carbocycles. The van der Waals surface area contributed by atoms with E-state index in [4.69, 9.17) is 4.74 Å². The van der Waals surface area contributed by atoms with E-state index in [0.29, 0.717) is 23.6 Å². The number of carbonyl (C=O) groups excluding carboxylic acids is 3. The van der Waals surface area contributed by atoms with Gasteiger partial charge in [0.2, 0.25) is 0 Å². The average molecular weight is 336 g/mol. The molecular weight excluding hydrogens is 320 g/mol. The van der Waals surface area contributed by atoms with Gasteiger partial charge in [0.15, 0.2) is 12.1 Å². The number of benzene rings is 1. The van der Waals surface area contributed by atoms with Gasteiger partial charge in [0.25, 0.3) is 0 Å². The van der Waals surface area contributed by atoms with Crippen LogP contribution in [-0.2, 0) is 19.1 Å². The van der Waals surface area contributed by atoms with E-state index in [9.17, 15) is 14.4 Å². The van der Waals surface area contributed by atoms with Gasteiger partial charge in [-0.05, 0) is 12.5 Å². The van der Waals surface area contributed by atoms with Gasteiger partial charge in [0.1, 0.15) is 0 Å². The summed E-state index contributed by atoms with van der Waals surface area (Å²) in [4.78, 5) is 34.8. The van der Waals surface area contributed by atoms with Crippen molar-refractivity contribution in [3.05, 3.63) is 45.7 Å². The van der Waals surface area contributed by atoms with Crippen LogP contribution >= 0.6 is 23.5 Å². The average Bonchev–Trinajstić information content (AvgIpc) is 2.53. The van der Waals surface area contributed by atoms with Gasteiger partial charge < -0.3 is 4.74 Å². The molecule has 0 saturated heterocycles. The minimum absolute atomic E-state index is 0.0258. The summed E-state index contributed by atoms with van der Waals surface area (Å²) in [7, 11) is 0. The highest BCUT2D eigenvalue weighted by atomic mass is 32.2. The molecule has 6 heteroatoms. The Bertz CT molecular complexity index is 595. The smallest absolute Gasteiger partial charge is 0.316 e. The van der Waals surface area contributed by atoms with Crippen molar-refractivity contribution in [3.63, 3.8) is 0 Å². The second-order valence-corrected chi connectivity index (χ2v) is 7.01. The Morgan fingerprint density at radius 2 is 2.14 bits per heavy atom. The summed E-state index contributed by atoms with van der Waals surface area (Å²) in [5.41, 5.74) is 1.21. The van der Waals surface area contributed by atoms with Crippen molar-refractivity contribution in [2.24, 2.45) is 0 Å². The molecule has 0 bridgehead atoms. The standard InChI is InChI=1S/C16H16O4S2/c1-2-20-15(19)10-21-16-12(9-17)13(18)8-14(22-16)11-6-4-3-5-7-11/h3-7,9,14H,2,8,10H2,1H3/t14-/m1/s1. The van der Waals surface area contributed by atoms with E-state index in [0.717, 1.165) is 5.56 Å². The minimum Gasteiger partial charge on any atom is -0.465 e. The molecular formula is C16H16O4S2. The molecule has 0 radical (unpaired) electrons. The van der Waals surface area contributed by atoms with Crippen molar-refractivity contribution < 1.29 is 19.1 Å². The van der Waals surface area contributed by atoms with Crippen molar-refractivity contribution >= 4 is 41.6 Å². The van der Waals surface area contributed by atoms with Crippen molar-refractivity contribution in [2.45, 2.75) is 18.6 Å². The summed E-state index contributed by atoms with van der Waals surface area (Å²) in [6.07, 6.45) is 0.885. The Labute approximate surface area is 137 Å². The van der Waals surface area contributed by atoms with E-state index in [-0.39, 0.29) is 28.3 Å². The molecule has 1 aromatic rings. The zero-order valence-corrected chi connectivity index (χ0v) is 13.7. The summed E-state index contributed by atoms with van der Waals surface area (Å²) in [6.45, 7) is 2.06. The molecule has 1 aliphatic rings. The lowest BCUT2D eigenvalue weighted by molar-refractivity contribution is -0.139. The van der Waals surface area contributed by atoms with Gasteiger partial charge >= 0.3 is 5.97 Å². The zero-order chi connectivity index (χ0) is 15.9. The number of ether oxygens (including phenoxy) is 1. The summed E-state index contributed by atoms with van der Waals surface area (Å²) in [5, 5.41) is -0.0258. The van der Waals surface area contributed by atoms with Gasteiger partial charge in [0, 0.05) is 11.7 Å². The maximum Gasteiger partial charge on any atom is 0.316 e. The molecule has 0 fully saturated rings. The molecule has 0 N–H and O–H groups in total. The topological polar surface area (TPSA) is 60.4 Å². The Morgan fingerprint density at radius 1 is 1.41 bits per heavy atom. The normalized spacial score (nSPS) is 18.2. The number of esters is 1. The Morgan fingerprint density at radius 3 is 2.77 bits per heavy atom. The first-order valence-electron chi connectivity index (χ1n) is 6.88. The number of allylic oxidation sites excluding steroid dienone is 1. The number of ketones is 1. The SMILES string of the molecule is CCOC(=O)CSC1=C(C=O)C(=O)C[C@H](c2ccccc2)S1. The van der Waals surface area contributed by atoms with Crippen LogP contribution in [0.4, 0.5) is 0 Å². The third-order valence-corrected chi connectivity index (χ3v) is 5.72. The van der Waals surface area contributed by atoms with E-state index in [1.807, 2.05) is 30.3 Å². The summed E-state index contributed by atoms with van der Waals surface area (Å²) in [5.74, 6) is -0.420. The highest BCUT2D eigenvalue weighted by Gasteiger charge is 2.29. The van der Waals surface area contributed by atoms with Crippen LogP contribution in [0.2, 0.25) is 0 Å². The molecule has 1 aliphatic heterocycles. The fourth-order valence-corrected chi connectivity index (χ4v) is 4.56. The Hall–Kier alpha value is -1.53. The first-order chi connectivity index (χ1) is 10.7. The number of carbonyl (C=O) groups is 3. The Balaban J connectivity index is 2.14. The Kier molecular flexibility index (Phi) is 6.27. The first kappa shape index (κ1) is 16.8. The fourth-order valence-electron chi connectivity index (χ4n) is 2.03. The van der Waals surface area contributed by atoms with Gasteiger partial charge in [-0.3, -0.25) is 14.4 Å². The predicted molar refractivity (Wildman–Crippen MR) is 88.6 cm³/mol. The highest BCUT2D eigenvalue weighted by Crippen LogP contribution is 2.47. The fraction of sp³-hybridized carbons (Fsp3) is 0.312. The van der Waals surface area contributed by atoms with Crippen LogP contribution in [0.25, 0.3) is 0 Å². The number of thioether (sulfide) groups is 2. The van der Waals surface area contributed by atoms with E-state index in [1.54, 1.807) is 6.92 Å². The molecule has 4 nitrogen and oxygen atoms in total. The first-order valence-corrected chi connectivity index (χ1v) is 8.75. The highest BCUT2D eigenvalue weighted by molar-refractivity contribution is 8.22. The van der Waals surface area contributed by atoms with E-state index < -0.39 is 0 Å². The lowest BCUT2D eigenvalue weighted by Gasteiger charge is -2.23. The summed E-state index contributed by atoms with van der Waals surface area (Å²) in [6, 6.07) is 9.69. The van der Waals surface area contributed by atoms with Crippen LogP contribution in [0.15, 0.2) is 40.1 Å². The van der Waals surface area contributed by atoms with E-state index >= 15 is 0 Å². The molecule has 1 aromatic carbocycles. The molecule has 2 rings (SSSR count). The van der Waals surface area contributed by atoms with Gasteiger partial charge in [-0.2, -0.15) is 0 Å². The molecule has 0 aliphatic carbocycles. The van der Waals surface area contributed by atoms with E-state index in [1.165, 1.54) is 23.5 Å². The van der Waals surface area contributed by atoms with Crippen molar-refractivity contribution in [1.82, 2.24) is 0 Å². The van der Waals surface area contributed by atoms with E-state index in [2.05, 4.69) is 0 Å². The van der Waals surface area contributed by atoms with Crippen LogP contribution in [0, 0.1) is 0 Å². The van der Waals surface area contributed by atoms with Crippen molar-refractivity contribution in [2.75, 3.05) is 12.4 Å². The van der Waals surface area contributed by atoms with Gasteiger partial charge in [-0.1, -0.05) is 30.3 Å². The zero-order valence-electron chi connectivity index (χ0n) is 12.1. The molecule has 0 unspecified atom stereocenters. The lowest BCUT2D eigenvalue weighted by Crippen LogP contribution is -2.16. The molecule has 0 spiro atoms. The third-order valence-electron chi connectivity index (χ3n) is 3.06. The van der Waals surface area contributed by atoms with Crippen LogP contribution in [0.3, 0.4) is 0 Å². The van der Waals surface area contributed by atoms with Crippen LogP contribution < -0.4 is 0 Å². The second-order valence-electron chi connectivity index (χ2n) is 4.56. The second kappa shape index (κ2) is 8.19. The monoisotopic (exact) mass is 336 g/mol. The van der Waals surface area contributed by atoms with Gasteiger partial charge in [-0.25, -0.2) is 0 Å². The maximum atomic E-state index is 12.2. The van der Waals surface area contributed by atoms with Crippen molar-refractivity contribution in [1.29, 1.82) is 0 Å². The molecule has 0 aromatic heterocycles. The van der Waals surface area contributed by atoms with Gasteiger partial charge in [0.05, 0.1) is 22.2 Å². The number of Topliss-reactive ketones (excluding diaryl/α,β-unsaturated/α-hetero) is 1. The van der Waals surface area contributed by atoms with Gasteiger partial charge in [-0.15, -0.1) is 23.5 Å². The quantitative estimate of drug-likeness (QED) is 0.452. The van der Waals surface area contributed by atoms with Crippen LogP contribution in [-0.4, -0.2) is 30.4 Å². The number of hydrogen-bond donors (Lipinski definition) is 0. The third kappa shape index (κ3) is 4.24. The number of aldehydes is 1. The largest absolute Gasteiger partial charge is 0.465 e. The van der Waals surface area contributed by atoms with Crippen molar-refractivity contribution in [3.8, 4) is 0 Å². The lowest BCUT2D eigenvalue weighted by atomic mass is 10.0. The summed E-state index contributed by atoms with van der Waals surface area (Å²) < 4.78 is 5.48. The molecule has 116 valence electrons. The molecule has 0 amide bonds. The van der Waals surface area contributed by atoms with Crippen LogP contribution in [0.1, 0.15) is 24.2 Å². The molecule has 1 atom stereocenters. The minimum atomic E-state index is -0.347. The maximum absolute atomic E-state index is 12.2. The number of hydrogen-bond acceptors (Lipinski definition) is 6. The summed E-state index contributed by atoms with van der Waals surface area (Å²) >= 11 is 2.66. The molecule has 22 heavy (non-hydrogen) atoms. The number of rotatable bonds is 6. The predicted octanol–water partition coefficient (Wildman–Crippen LogP) is 3.14. The molecule has 1 heterocycles.